The lowest BCUT2D eigenvalue weighted by molar-refractivity contribution is -0.0652. The van der Waals surface area contributed by atoms with Crippen LogP contribution in [0.5, 0.6) is 0 Å². The fraction of sp³-hybridized carbons (Fsp3) is 0.625. The Labute approximate surface area is 124 Å². The molecule has 0 heterocycles. The topological polar surface area (TPSA) is 20.2 Å². The van der Waals surface area contributed by atoms with Crippen LogP contribution in [0.1, 0.15) is 45.1 Å². The lowest BCUT2D eigenvalue weighted by Crippen LogP contribution is -2.45. The summed E-state index contributed by atoms with van der Waals surface area (Å²) >= 11 is 2.32. The van der Waals surface area contributed by atoms with Crippen molar-refractivity contribution in [3.05, 3.63) is 33.4 Å². The first-order chi connectivity index (χ1) is 8.51. The second-order valence-electron chi connectivity index (χ2n) is 6.00. The average Bonchev–Trinajstić information content (AvgIpc) is 2.32. The summed E-state index contributed by atoms with van der Waals surface area (Å²) in [5, 5.41) is 11.0. The van der Waals surface area contributed by atoms with E-state index in [0.717, 1.165) is 12.8 Å². The predicted octanol–water partition coefficient (Wildman–Crippen LogP) is 4.41. The Morgan fingerprint density at radius 1 is 1.28 bits per heavy atom. The van der Waals surface area contributed by atoms with E-state index in [0.29, 0.717) is 11.8 Å². The molecule has 0 amide bonds. The number of rotatable bonds is 3. The molecule has 1 aromatic rings. The van der Waals surface area contributed by atoms with Gasteiger partial charge in [0.05, 0.1) is 5.60 Å². The SMILES string of the molecule is CC(C)C1CCCCC1(O)Cc1ccc(I)cc1. The zero-order valence-corrected chi connectivity index (χ0v) is 13.5. The second kappa shape index (κ2) is 5.91. The third-order valence-corrected chi connectivity index (χ3v) is 5.01. The van der Waals surface area contributed by atoms with E-state index in [2.05, 4.69) is 60.7 Å². The summed E-state index contributed by atoms with van der Waals surface area (Å²) in [5.41, 5.74) is 0.782. The number of hydrogen-bond acceptors (Lipinski definition) is 1. The molecule has 0 aromatic heterocycles. The Bertz CT molecular complexity index is 385. The highest BCUT2D eigenvalue weighted by Crippen LogP contribution is 2.40. The smallest absolute Gasteiger partial charge is 0.0718 e. The zero-order chi connectivity index (χ0) is 13.2. The molecular weight excluding hydrogens is 335 g/mol. The minimum Gasteiger partial charge on any atom is -0.389 e. The third kappa shape index (κ3) is 3.27. The molecule has 2 atom stereocenters. The standard InChI is InChI=1S/C16H23IO/c1-12(2)15-5-3-4-10-16(15,18)11-13-6-8-14(17)9-7-13/h6-9,12,15,18H,3-5,10-11H2,1-2H3. The molecule has 1 fully saturated rings. The van der Waals surface area contributed by atoms with Gasteiger partial charge in [0.1, 0.15) is 0 Å². The molecule has 18 heavy (non-hydrogen) atoms. The molecule has 1 nitrogen and oxygen atoms in total. The van der Waals surface area contributed by atoms with Gasteiger partial charge in [0, 0.05) is 9.99 Å². The van der Waals surface area contributed by atoms with E-state index < -0.39 is 5.60 Å². The van der Waals surface area contributed by atoms with Crippen molar-refractivity contribution in [2.24, 2.45) is 11.8 Å². The highest BCUT2D eigenvalue weighted by atomic mass is 127. The van der Waals surface area contributed by atoms with Gasteiger partial charge in [0.2, 0.25) is 0 Å². The molecule has 1 aromatic carbocycles. The van der Waals surface area contributed by atoms with Crippen LogP contribution >= 0.6 is 22.6 Å². The minimum atomic E-state index is -0.487. The van der Waals surface area contributed by atoms with Gasteiger partial charge < -0.3 is 5.11 Å². The molecule has 0 saturated heterocycles. The van der Waals surface area contributed by atoms with Crippen LogP contribution in [0.3, 0.4) is 0 Å². The first-order valence-corrected chi connectivity index (χ1v) is 8.06. The van der Waals surface area contributed by atoms with Gasteiger partial charge >= 0.3 is 0 Å². The van der Waals surface area contributed by atoms with Crippen LogP contribution < -0.4 is 0 Å². The van der Waals surface area contributed by atoms with Crippen molar-refractivity contribution >= 4 is 22.6 Å². The maximum atomic E-state index is 11.0. The molecule has 0 spiro atoms. The quantitative estimate of drug-likeness (QED) is 0.794. The van der Waals surface area contributed by atoms with Gasteiger partial charge in [0.15, 0.2) is 0 Å². The van der Waals surface area contributed by atoms with Gasteiger partial charge in [-0.1, -0.05) is 38.8 Å². The van der Waals surface area contributed by atoms with E-state index in [4.69, 9.17) is 0 Å². The summed E-state index contributed by atoms with van der Waals surface area (Å²) in [6, 6.07) is 8.58. The van der Waals surface area contributed by atoms with E-state index >= 15 is 0 Å². The maximum absolute atomic E-state index is 11.0. The fourth-order valence-electron chi connectivity index (χ4n) is 3.38. The van der Waals surface area contributed by atoms with Crippen LogP contribution in [-0.2, 0) is 6.42 Å². The van der Waals surface area contributed by atoms with Gasteiger partial charge in [0.25, 0.3) is 0 Å². The maximum Gasteiger partial charge on any atom is 0.0718 e. The number of halogens is 1. The average molecular weight is 358 g/mol. The van der Waals surface area contributed by atoms with Crippen molar-refractivity contribution in [2.45, 2.75) is 51.6 Å². The molecule has 1 saturated carbocycles. The molecular formula is C16H23IO. The van der Waals surface area contributed by atoms with Crippen LogP contribution in [-0.4, -0.2) is 10.7 Å². The van der Waals surface area contributed by atoms with Crippen LogP contribution in [0.4, 0.5) is 0 Å². The lowest BCUT2D eigenvalue weighted by Gasteiger charge is -2.42. The van der Waals surface area contributed by atoms with Crippen LogP contribution in [0, 0.1) is 15.4 Å². The van der Waals surface area contributed by atoms with Crippen molar-refractivity contribution in [1.29, 1.82) is 0 Å². The van der Waals surface area contributed by atoms with Gasteiger partial charge in [-0.05, 0) is 65.0 Å². The molecule has 2 rings (SSSR count). The second-order valence-corrected chi connectivity index (χ2v) is 7.25. The summed E-state index contributed by atoms with van der Waals surface area (Å²) in [6.07, 6.45) is 5.40. The molecule has 1 aliphatic rings. The lowest BCUT2D eigenvalue weighted by atomic mass is 9.68. The van der Waals surface area contributed by atoms with Crippen molar-refractivity contribution in [2.75, 3.05) is 0 Å². The largest absolute Gasteiger partial charge is 0.389 e. The number of hydrogen-bond donors (Lipinski definition) is 1. The first kappa shape index (κ1) is 14.3. The first-order valence-electron chi connectivity index (χ1n) is 6.98. The van der Waals surface area contributed by atoms with Gasteiger partial charge in [-0.25, -0.2) is 0 Å². The third-order valence-electron chi connectivity index (χ3n) is 4.29. The molecule has 2 heteroatoms. The van der Waals surface area contributed by atoms with Crippen molar-refractivity contribution in [1.82, 2.24) is 0 Å². The Morgan fingerprint density at radius 2 is 1.94 bits per heavy atom. The normalized spacial score (nSPS) is 28.6. The molecule has 1 aliphatic carbocycles. The van der Waals surface area contributed by atoms with E-state index in [9.17, 15) is 5.11 Å². The van der Waals surface area contributed by atoms with Crippen molar-refractivity contribution in [3.8, 4) is 0 Å². The minimum absolute atomic E-state index is 0.450. The van der Waals surface area contributed by atoms with E-state index in [-0.39, 0.29) is 0 Å². The Hall–Kier alpha value is -0.0900. The van der Waals surface area contributed by atoms with Crippen molar-refractivity contribution < 1.29 is 5.11 Å². The molecule has 0 radical (unpaired) electrons. The van der Waals surface area contributed by atoms with Gasteiger partial charge in [-0.3, -0.25) is 0 Å². The monoisotopic (exact) mass is 358 g/mol. The van der Waals surface area contributed by atoms with E-state index in [1.54, 1.807) is 0 Å². The van der Waals surface area contributed by atoms with Crippen LogP contribution in [0.2, 0.25) is 0 Å². The van der Waals surface area contributed by atoms with E-state index in [1.807, 2.05) is 0 Å². The predicted molar refractivity (Wildman–Crippen MR) is 84.6 cm³/mol. The number of aliphatic hydroxyl groups is 1. The molecule has 0 aliphatic heterocycles. The Balaban J connectivity index is 2.15. The van der Waals surface area contributed by atoms with E-state index in [1.165, 1.54) is 28.4 Å². The molecule has 100 valence electrons. The van der Waals surface area contributed by atoms with Gasteiger partial charge in [-0.2, -0.15) is 0 Å². The highest BCUT2D eigenvalue weighted by Gasteiger charge is 2.40. The zero-order valence-electron chi connectivity index (χ0n) is 11.3. The summed E-state index contributed by atoms with van der Waals surface area (Å²) in [5.74, 6) is 1.02. The van der Waals surface area contributed by atoms with Crippen LogP contribution in [0.25, 0.3) is 0 Å². The Morgan fingerprint density at radius 3 is 2.56 bits per heavy atom. The molecule has 0 bridgehead atoms. The summed E-state index contributed by atoms with van der Waals surface area (Å²) in [7, 11) is 0. The summed E-state index contributed by atoms with van der Waals surface area (Å²) < 4.78 is 1.26. The summed E-state index contributed by atoms with van der Waals surface area (Å²) in [6.45, 7) is 4.49. The highest BCUT2D eigenvalue weighted by molar-refractivity contribution is 14.1. The number of benzene rings is 1. The van der Waals surface area contributed by atoms with Crippen LogP contribution in [0.15, 0.2) is 24.3 Å². The Kier molecular flexibility index (Phi) is 4.70. The molecule has 1 N–H and O–H groups in total. The fourth-order valence-corrected chi connectivity index (χ4v) is 3.74. The van der Waals surface area contributed by atoms with Crippen molar-refractivity contribution in [3.63, 3.8) is 0 Å². The summed E-state index contributed by atoms with van der Waals surface area (Å²) in [4.78, 5) is 0. The molecule has 2 unspecified atom stereocenters. The van der Waals surface area contributed by atoms with Gasteiger partial charge in [-0.15, -0.1) is 0 Å².